The van der Waals surface area contributed by atoms with E-state index in [0.29, 0.717) is 0 Å². The Morgan fingerprint density at radius 1 is 0.833 bits per heavy atom. The highest BCUT2D eigenvalue weighted by molar-refractivity contribution is 4.93. The minimum Gasteiger partial charge on any atom is -0.311 e. The van der Waals surface area contributed by atoms with Gasteiger partial charge < -0.3 is 5.32 Å². The number of hydrogen-bond donors (Lipinski definition) is 1. The second-order valence-corrected chi connectivity index (χ2v) is 5.15. The molecule has 2 bridgehead atoms. The molecule has 0 spiro atoms. The zero-order chi connectivity index (χ0) is 7.97. The van der Waals surface area contributed by atoms with Crippen LogP contribution in [0.5, 0.6) is 0 Å². The summed E-state index contributed by atoms with van der Waals surface area (Å²) in [6.07, 6.45) is 10.6. The number of rotatable bonds is 2. The fraction of sp³-hybridized carbons (Fsp3) is 1.00. The maximum Gasteiger partial charge on any atom is 0.00728 e. The van der Waals surface area contributed by atoms with Crippen molar-refractivity contribution in [1.82, 2.24) is 5.32 Å². The molecule has 1 N–H and O–H groups in total. The van der Waals surface area contributed by atoms with Crippen LogP contribution >= 0.6 is 0 Å². The van der Waals surface area contributed by atoms with Gasteiger partial charge in [-0.25, -0.2) is 0 Å². The summed E-state index contributed by atoms with van der Waals surface area (Å²) in [5.41, 5.74) is 0. The van der Waals surface area contributed by atoms with Crippen LogP contribution < -0.4 is 5.32 Å². The molecule has 1 nitrogen and oxygen atoms in total. The molecule has 3 aliphatic rings. The average molecular weight is 165 g/mol. The van der Waals surface area contributed by atoms with Crippen molar-refractivity contribution in [3.8, 4) is 0 Å². The molecule has 0 aromatic rings. The summed E-state index contributed by atoms with van der Waals surface area (Å²) in [7, 11) is 0. The minimum absolute atomic E-state index is 0.910. The molecule has 0 radical (unpaired) electrons. The summed E-state index contributed by atoms with van der Waals surface area (Å²) >= 11 is 0. The van der Waals surface area contributed by atoms with Gasteiger partial charge in [-0.1, -0.05) is 12.8 Å². The number of fused-ring (bicyclic) bond motifs is 2. The molecule has 68 valence electrons. The molecule has 2 heterocycles. The van der Waals surface area contributed by atoms with E-state index in [4.69, 9.17) is 0 Å². The number of piperidine rings is 1. The number of nitrogens with one attached hydrogen (secondary N) is 1. The molecule has 0 aromatic carbocycles. The molecule has 2 unspecified atom stereocenters. The van der Waals surface area contributed by atoms with Gasteiger partial charge in [0.1, 0.15) is 0 Å². The molecule has 3 fully saturated rings. The van der Waals surface area contributed by atoms with Gasteiger partial charge in [-0.15, -0.1) is 0 Å². The molecular weight excluding hydrogens is 146 g/mol. The molecule has 12 heavy (non-hydrogen) atoms. The van der Waals surface area contributed by atoms with Gasteiger partial charge in [-0.3, -0.25) is 0 Å². The first-order chi connectivity index (χ1) is 5.90. The van der Waals surface area contributed by atoms with Gasteiger partial charge in [-0.2, -0.15) is 0 Å². The third kappa shape index (κ3) is 1.39. The Balaban J connectivity index is 1.58. The first-order valence-electron chi connectivity index (χ1n) is 5.66. The molecule has 1 heteroatoms. The third-order valence-corrected chi connectivity index (χ3v) is 3.93. The summed E-state index contributed by atoms with van der Waals surface area (Å²) in [5.74, 6) is 2.24. The van der Waals surface area contributed by atoms with Gasteiger partial charge >= 0.3 is 0 Å². The molecule has 1 saturated carbocycles. The highest BCUT2D eigenvalue weighted by Crippen LogP contribution is 2.41. The van der Waals surface area contributed by atoms with Crippen LogP contribution in [0.1, 0.15) is 44.9 Å². The van der Waals surface area contributed by atoms with Crippen molar-refractivity contribution in [3.05, 3.63) is 0 Å². The molecule has 3 rings (SSSR count). The summed E-state index contributed by atoms with van der Waals surface area (Å²) < 4.78 is 0. The van der Waals surface area contributed by atoms with Crippen LogP contribution in [0.25, 0.3) is 0 Å². The Morgan fingerprint density at radius 2 is 1.50 bits per heavy atom. The normalized spacial score (nSPS) is 46.5. The van der Waals surface area contributed by atoms with Gasteiger partial charge in [0, 0.05) is 12.1 Å². The van der Waals surface area contributed by atoms with Crippen LogP contribution in [0.15, 0.2) is 0 Å². The predicted octanol–water partition coefficient (Wildman–Crippen LogP) is 2.32. The van der Waals surface area contributed by atoms with E-state index in [1.165, 1.54) is 25.7 Å². The SMILES string of the molecule is C1CC1CC1CC2CCC(C1)N2. The van der Waals surface area contributed by atoms with Crippen molar-refractivity contribution in [3.63, 3.8) is 0 Å². The second kappa shape index (κ2) is 2.73. The molecule has 0 aromatic heterocycles. The van der Waals surface area contributed by atoms with E-state index >= 15 is 0 Å². The van der Waals surface area contributed by atoms with Crippen molar-refractivity contribution in [2.24, 2.45) is 11.8 Å². The number of hydrogen-bond acceptors (Lipinski definition) is 1. The zero-order valence-electron chi connectivity index (χ0n) is 7.76. The second-order valence-electron chi connectivity index (χ2n) is 5.15. The van der Waals surface area contributed by atoms with E-state index in [1.54, 1.807) is 19.3 Å². The quantitative estimate of drug-likeness (QED) is 0.662. The first-order valence-corrected chi connectivity index (χ1v) is 5.66. The first kappa shape index (κ1) is 7.37. The Bertz CT molecular complexity index is 162. The predicted molar refractivity (Wildman–Crippen MR) is 50.0 cm³/mol. The van der Waals surface area contributed by atoms with Gasteiger partial charge in [0.2, 0.25) is 0 Å². The van der Waals surface area contributed by atoms with Crippen molar-refractivity contribution in [2.75, 3.05) is 0 Å². The molecule has 2 aliphatic heterocycles. The summed E-state index contributed by atoms with van der Waals surface area (Å²) in [6, 6.07) is 1.82. The topological polar surface area (TPSA) is 12.0 Å². The van der Waals surface area contributed by atoms with Crippen LogP contribution in [-0.4, -0.2) is 12.1 Å². The molecule has 1 aliphatic carbocycles. The van der Waals surface area contributed by atoms with E-state index in [9.17, 15) is 0 Å². The maximum atomic E-state index is 3.71. The standard InChI is InChI=1S/C11H19N/c1-2-8(1)5-9-6-10-3-4-11(7-9)12-10/h8-12H,1-7H2. The van der Waals surface area contributed by atoms with E-state index in [0.717, 1.165) is 23.9 Å². The fourth-order valence-electron chi connectivity index (χ4n) is 3.19. The van der Waals surface area contributed by atoms with Gasteiger partial charge in [0.25, 0.3) is 0 Å². The molecular formula is C11H19N. The van der Waals surface area contributed by atoms with E-state index < -0.39 is 0 Å². The highest BCUT2D eigenvalue weighted by atomic mass is 15.0. The third-order valence-electron chi connectivity index (χ3n) is 3.93. The largest absolute Gasteiger partial charge is 0.311 e. The monoisotopic (exact) mass is 165 g/mol. The van der Waals surface area contributed by atoms with E-state index in [-0.39, 0.29) is 0 Å². The lowest BCUT2D eigenvalue weighted by Crippen LogP contribution is -2.38. The Morgan fingerprint density at radius 3 is 2.08 bits per heavy atom. The van der Waals surface area contributed by atoms with E-state index in [2.05, 4.69) is 5.32 Å². The van der Waals surface area contributed by atoms with Crippen molar-refractivity contribution >= 4 is 0 Å². The summed E-state index contributed by atoms with van der Waals surface area (Å²) in [5, 5.41) is 3.71. The van der Waals surface area contributed by atoms with Crippen LogP contribution in [-0.2, 0) is 0 Å². The Labute approximate surface area is 74.9 Å². The minimum atomic E-state index is 0.910. The van der Waals surface area contributed by atoms with Crippen molar-refractivity contribution in [2.45, 2.75) is 57.0 Å². The maximum absolute atomic E-state index is 3.71. The smallest absolute Gasteiger partial charge is 0.00728 e. The van der Waals surface area contributed by atoms with Crippen molar-refractivity contribution in [1.29, 1.82) is 0 Å². The summed E-state index contributed by atoms with van der Waals surface area (Å²) in [6.45, 7) is 0. The highest BCUT2D eigenvalue weighted by Gasteiger charge is 2.35. The zero-order valence-corrected chi connectivity index (χ0v) is 7.76. The summed E-state index contributed by atoms with van der Waals surface area (Å²) in [4.78, 5) is 0. The average Bonchev–Trinajstić information content (AvgIpc) is 2.79. The molecule has 2 atom stereocenters. The fourth-order valence-corrected chi connectivity index (χ4v) is 3.19. The molecule has 2 saturated heterocycles. The lowest BCUT2D eigenvalue weighted by atomic mass is 9.88. The lowest BCUT2D eigenvalue weighted by molar-refractivity contribution is 0.277. The van der Waals surface area contributed by atoms with Gasteiger partial charge in [-0.05, 0) is 43.9 Å². The van der Waals surface area contributed by atoms with Gasteiger partial charge in [0.05, 0.1) is 0 Å². The lowest BCUT2D eigenvalue weighted by Gasteiger charge is -2.29. The van der Waals surface area contributed by atoms with Crippen LogP contribution in [0.4, 0.5) is 0 Å². The Kier molecular flexibility index (Phi) is 1.68. The van der Waals surface area contributed by atoms with Crippen LogP contribution in [0.2, 0.25) is 0 Å². The van der Waals surface area contributed by atoms with Gasteiger partial charge in [0.15, 0.2) is 0 Å². The Hall–Kier alpha value is -0.0400. The van der Waals surface area contributed by atoms with Crippen molar-refractivity contribution < 1.29 is 0 Å². The van der Waals surface area contributed by atoms with Crippen LogP contribution in [0.3, 0.4) is 0 Å². The van der Waals surface area contributed by atoms with E-state index in [1.807, 2.05) is 0 Å². The molecule has 0 amide bonds. The van der Waals surface area contributed by atoms with Crippen LogP contribution in [0, 0.1) is 11.8 Å².